The summed E-state index contributed by atoms with van der Waals surface area (Å²) in [7, 11) is 0. The minimum Gasteiger partial charge on any atom is -0.457 e. The van der Waals surface area contributed by atoms with Crippen molar-refractivity contribution < 1.29 is 66.7 Å². The van der Waals surface area contributed by atoms with Crippen LogP contribution in [0.25, 0.3) is 43.1 Å². The third-order valence-corrected chi connectivity index (χ3v) is 28.7. The second-order valence-corrected chi connectivity index (χ2v) is 39.4. The highest BCUT2D eigenvalue weighted by atomic mass is 16.6. The molecule has 22 heteroatoms. The Kier molecular flexibility index (Phi) is 24.4. The van der Waals surface area contributed by atoms with Gasteiger partial charge in [0.15, 0.2) is 0 Å². The molecule has 0 spiro atoms. The van der Waals surface area contributed by atoms with E-state index in [0.29, 0.717) is 81.0 Å². The number of rotatable bonds is 33. The van der Waals surface area contributed by atoms with Crippen LogP contribution in [0.3, 0.4) is 0 Å². The molecule has 10 aliphatic rings. The Morgan fingerprint density at radius 3 is 0.810 bits per heavy atom. The van der Waals surface area contributed by atoms with Crippen molar-refractivity contribution in [2.45, 2.75) is 281 Å². The highest BCUT2D eigenvalue weighted by molar-refractivity contribution is 6.45. The molecular formula is C104H124N8O14. The van der Waals surface area contributed by atoms with E-state index in [0.717, 1.165) is 152 Å². The number of imide groups is 2. The highest BCUT2D eigenvalue weighted by Crippen LogP contribution is 2.59. The maximum absolute atomic E-state index is 17.3. The smallest absolute Gasteiger partial charge is 0.262 e. The van der Waals surface area contributed by atoms with Gasteiger partial charge in [-0.1, -0.05) is 123 Å². The molecule has 4 aliphatic carbocycles. The van der Waals surface area contributed by atoms with Gasteiger partial charge in [0.2, 0.25) is 11.8 Å². The Bertz CT molecular complexity index is 5490. The van der Waals surface area contributed by atoms with Crippen molar-refractivity contribution in [3.8, 4) is 46.0 Å². The van der Waals surface area contributed by atoms with Gasteiger partial charge in [0.25, 0.3) is 23.6 Å². The molecule has 4 saturated heterocycles. The summed E-state index contributed by atoms with van der Waals surface area (Å²) in [6, 6.07) is 35.3. The number of nitrogens with one attached hydrogen (secondary N) is 4. The number of hydrogen-bond acceptors (Lipinski definition) is 18. The monoisotopic (exact) mass is 1710 g/mol. The van der Waals surface area contributed by atoms with Crippen LogP contribution in [0, 0.1) is 18.8 Å². The SMILES string of the molecule is Cc1ccc(Oc2cc3c4c(cc(Oc5ccc(C(C)C)cc5)c5c6c(Oc7ccc(C(C)C)cc7)cc7c8c(cc(Oc9ccc(C(C)C)cc9)c(c2c45)c86)C(=O)N(C(C(=O)N(C2CCCC(NCC4CO4)C2)C2CCCC(NCC4CO4)C2)C(C)C)C7=O)C(=O)N(C(C(=O)N(C2CCCC(NCC4CO4)C2)C2CCCC(NCC4CO4)C2)C(C)C)C3=O)cc1. The number of carbonyl (C=O) groups is 6. The van der Waals surface area contributed by atoms with Gasteiger partial charge in [-0.2, -0.15) is 0 Å². The first-order chi connectivity index (χ1) is 60.9. The van der Waals surface area contributed by atoms with Crippen LogP contribution in [-0.4, -0.2) is 192 Å². The Hall–Kier alpha value is -9.62. The van der Waals surface area contributed by atoms with Crippen LogP contribution in [0.4, 0.5) is 0 Å². The van der Waals surface area contributed by atoms with Gasteiger partial charge in [-0.05, 0) is 229 Å². The predicted octanol–water partition coefficient (Wildman–Crippen LogP) is 18.7. The van der Waals surface area contributed by atoms with Crippen LogP contribution in [0.1, 0.15) is 253 Å². The van der Waals surface area contributed by atoms with Gasteiger partial charge in [-0.3, -0.25) is 38.6 Å². The summed E-state index contributed by atoms with van der Waals surface area (Å²) in [6.07, 6.45) is 13.9. The number of benzene rings is 9. The van der Waals surface area contributed by atoms with E-state index in [1.54, 1.807) is 24.3 Å². The van der Waals surface area contributed by atoms with Crippen molar-refractivity contribution in [2.24, 2.45) is 11.8 Å². The molecule has 19 rings (SSSR count). The molecule has 9 aromatic rings. The lowest BCUT2D eigenvalue weighted by Crippen LogP contribution is -2.62. The van der Waals surface area contributed by atoms with Crippen LogP contribution in [0.5, 0.6) is 46.0 Å². The maximum Gasteiger partial charge on any atom is 0.262 e. The van der Waals surface area contributed by atoms with Crippen LogP contribution in [0.15, 0.2) is 121 Å². The van der Waals surface area contributed by atoms with Crippen molar-refractivity contribution >= 4 is 78.5 Å². The summed E-state index contributed by atoms with van der Waals surface area (Å²) in [4.78, 5) is 110. The van der Waals surface area contributed by atoms with Gasteiger partial charge < -0.3 is 69.0 Å². The van der Waals surface area contributed by atoms with Gasteiger partial charge in [-0.15, -0.1) is 0 Å². The Labute approximate surface area is 739 Å². The van der Waals surface area contributed by atoms with Crippen molar-refractivity contribution in [2.75, 3.05) is 52.6 Å². The van der Waals surface area contributed by atoms with Crippen LogP contribution in [-0.2, 0) is 28.5 Å². The lowest BCUT2D eigenvalue weighted by atomic mass is 9.79. The second kappa shape index (κ2) is 35.8. The molecule has 9 aromatic carbocycles. The molecule has 6 heterocycles. The molecule has 0 radical (unpaired) electrons. The fraction of sp³-hybridized carbons (Fsp3) is 0.519. The molecule has 664 valence electrons. The predicted molar refractivity (Wildman–Crippen MR) is 488 cm³/mol. The maximum atomic E-state index is 17.3. The number of amides is 6. The highest BCUT2D eigenvalue weighted by Gasteiger charge is 2.52. The fourth-order valence-electron chi connectivity index (χ4n) is 21.6. The lowest BCUT2D eigenvalue weighted by molar-refractivity contribution is -0.145. The lowest BCUT2D eigenvalue weighted by Gasteiger charge is -2.48. The van der Waals surface area contributed by atoms with E-state index in [1.807, 2.05) is 132 Å². The molecule has 4 N–H and O–H groups in total. The zero-order valence-electron chi connectivity index (χ0n) is 75.0. The van der Waals surface area contributed by atoms with Gasteiger partial charge in [0, 0.05) is 118 Å². The third kappa shape index (κ3) is 17.4. The van der Waals surface area contributed by atoms with Crippen LogP contribution < -0.4 is 40.2 Å². The quantitative estimate of drug-likeness (QED) is 0.0129. The van der Waals surface area contributed by atoms with Gasteiger partial charge in [0.05, 0.1) is 73.1 Å². The molecule has 22 nitrogen and oxygen atoms in total. The number of ether oxygens (including phenoxy) is 8. The van der Waals surface area contributed by atoms with E-state index < -0.39 is 47.5 Å². The zero-order valence-corrected chi connectivity index (χ0v) is 75.0. The van der Waals surface area contributed by atoms with E-state index in [4.69, 9.17) is 37.9 Å². The standard InChI is InChI=1S/C104H124N8O14/c1-56(2)62-26-34-74(35-27-62)124-86-45-83-90-84(102(116)112(101(83)115)98(60(9)10)104(118)110(71-22-14-18-67(42-71)107-50-79-54-121-79)72-23-15-19-68(43-72)108-51-80-55-122-80)47-88(126-76-38-30-64(31-39-76)58(5)6)94-93-87(125-75-36-28-63(29-37-75)57(3)4)46-82-89-81(44-85(91(95(89)93)92(86)96(90)94)123-73-32-24-61(11)25-33-73)99(113)111(100(82)114)97(59(7)8)103(117)109(69-20-12-16-65(40-69)105-48-77-52-119-77)70-21-13-17-66(41-70)106-49-78-53-120-78/h24-39,44-47,56-60,65-72,77-80,97-98,105-108H,12-23,40-43,48-55H2,1-11H3. The first-order valence-corrected chi connectivity index (χ1v) is 47.2. The fourth-order valence-corrected chi connectivity index (χ4v) is 21.6. The topological polar surface area (TPSA) is 251 Å². The molecule has 6 aliphatic heterocycles. The Balaban J connectivity index is 0.848. The number of aryl methyl sites for hydroxylation is 1. The van der Waals surface area contributed by atoms with Crippen LogP contribution in [0.2, 0.25) is 0 Å². The summed E-state index contributed by atoms with van der Waals surface area (Å²) in [5, 5.41) is 18.0. The molecule has 0 bridgehead atoms. The number of hydrogen-bond donors (Lipinski definition) is 4. The second-order valence-electron chi connectivity index (χ2n) is 39.4. The summed E-state index contributed by atoms with van der Waals surface area (Å²) in [5.41, 5.74) is 4.57. The van der Waals surface area contributed by atoms with E-state index in [1.165, 1.54) is 9.80 Å². The Morgan fingerprint density at radius 1 is 0.349 bits per heavy atom. The molecule has 14 unspecified atom stereocenters. The first kappa shape index (κ1) is 85.8. The Morgan fingerprint density at radius 2 is 0.587 bits per heavy atom. The molecule has 126 heavy (non-hydrogen) atoms. The average Bonchev–Trinajstić information content (AvgIpc) is 0.958. The van der Waals surface area contributed by atoms with Crippen molar-refractivity contribution in [3.05, 3.63) is 166 Å². The number of nitrogens with zero attached hydrogens (tertiary/aromatic N) is 4. The summed E-state index contributed by atoms with van der Waals surface area (Å²) in [5.74, 6) is -1.62. The van der Waals surface area contributed by atoms with Gasteiger partial charge in [0.1, 0.15) is 58.1 Å². The normalized spacial score (nSPS) is 25.1. The van der Waals surface area contributed by atoms with Gasteiger partial charge in [-0.25, -0.2) is 0 Å². The van der Waals surface area contributed by atoms with Crippen molar-refractivity contribution in [1.82, 2.24) is 40.9 Å². The molecule has 14 atom stereocenters. The molecule has 8 fully saturated rings. The molecule has 6 amide bonds. The summed E-state index contributed by atoms with van der Waals surface area (Å²) < 4.78 is 52.9. The molecule has 0 aromatic heterocycles. The summed E-state index contributed by atoms with van der Waals surface area (Å²) in [6.45, 7) is 28.3. The van der Waals surface area contributed by atoms with Crippen LogP contribution >= 0.6 is 0 Å². The molecular weight excluding hydrogens is 1590 g/mol. The third-order valence-electron chi connectivity index (χ3n) is 28.7. The number of fused-ring (bicyclic) bond motifs is 2. The largest absolute Gasteiger partial charge is 0.457 e. The minimum absolute atomic E-state index is 0.103. The first-order valence-electron chi connectivity index (χ1n) is 47.2. The number of carbonyl (C=O) groups excluding carboxylic acids is 6. The average molecular weight is 1710 g/mol. The summed E-state index contributed by atoms with van der Waals surface area (Å²) >= 11 is 0. The van der Waals surface area contributed by atoms with Crippen molar-refractivity contribution in [1.29, 1.82) is 0 Å². The van der Waals surface area contributed by atoms with Crippen molar-refractivity contribution in [3.63, 3.8) is 0 Å². The number of epoxide rings is 4. The zero-order chi connectivity index (χ0) is 87.2. The molecule has 4 saturated carbocycles. The van der Waals surface area contributed by atoms with E-state index in [9.17, 15) is 0 Å². The van der Waals surface area contributed by atoms with E-state index in [-0.39, 0.29) is 158 Å². The van der Waals surface area contributed by atoms with E-state index in [2.05, 4.69) is 72.6 Å². The van der Waals surface area contributed by atoms with E-state index >= 15 is 28.8 Å². The minimum atomic E-state index is -1.29. The van der Waals surface area contributed by atoms with Gasteiger partial charge >= 0.3 is 0 Å².